The molecule has 4 heteroatoms. The lowest BCUT2D eigenvalue weighted by Crippen LogP contribution is -2.00. The standard InChI is InChI=1S/C14H14N2S2/c1-10-2-3-12-13(8-10)16(14(17)15-12)6-4-11-5-7-18-9-11/h2-3,5,7-9H,4,6H2,1H3,(H,15,17). The molecule has 0 unspecified atom stereocenters. The van der Waals surface area contributed by atoms with E-state index in [-0.39, 0.29) is 0 Å². The molecule has 0 bridgehead atoms. The van der Waals surface area contributed by atoms with Crippen LogP contribution in [0.15, 0.2) is 35.0 Å². The summed E-state index contributed by atoms with van der Waals surface area (Å²) in [5.74, 6) is 0. The first-order valence-electron chi connectivity index (χ1n) is 5.94. The number of nitrogens with zero attached hydrogens (tertiary/aromatic N) is 1. The van der Waals surface area contributed by atoms with Crippen molar-refractivity contribution in [3.8, 4) is 0 Å². The van der Waals surface area contributed by atoms with Crippen LogP contribution in [0.1, 0.15) is 11.1 Å². The molecular formula is C14H14N2S2. The average molecular weight is 274 g/mol. The second-order valence-corrected chi connectivity index (χ2v) is 5.65. The van der Waals surface area contributed by atoms with E-state index in [1.165, 1.54) is 16.6 Å². The number of H-pyrrole nitrogens is 1. The average Bonchev–Trinajstić information content (AvgIpc) is 2.94. The number of aromatic amines is 1. The van der Waals surface area contributed by atoms with E-state index in [0.717, 1.165) is 23.3 Å². The van der Waals surface area contributed by atoms with Crippen LogP contribution in [0.25, 0.3) is 11.0 Å². The van der Waals surface area contributed by atoms with E-state index in [4.69, 9.17) is 12.2 Å². The number of aromatic nitrogens is 2. The van der Waals surface area contributed by atoms with Crippen LogP contribution in [0.3, 0.4) is 0 Å². The number of imidazole rings is 1. The molecule has 0 amide bonds. The lowest BCUT2D eigenvalue weighted by atomic mass is 10.2. The Labute approximate surface area is 115 Å². The molecule has 3 rings (SSSR count). The number of rotatable bonds is 3. The summed E-state index contributed by atoms with van der Waals surface area (Å²) in [6.07, 6.45) is 1.03. The third-order valence-electron chi connectivity index (χ3n) is 3.13. The molecule has 2 heterocycles. The van der Waals surface area contributed by atoms with Gasteiger partial charge in [0.15, 0.2) is 4.77 Å². The van der Waals surface area contributed by atoms with Gasteiger partial charge in [-0.25, -0.2) is 0 Å². The molecule has 0 aliphatic carbocycles. The summed E-state index contributed by atoms with van der Waals surface area (Å²) in [4.78, 5) is 3.26. The molecule has 3 aromatic rings. The molecule has 0 atom stereocenters. The highest BCUT2D eigenvalue weighted by atomic mass is 32.1. The number of hydrogen-bond donors (Lipinski definition) is 1. The number of fused-ring (bicyclic) bond motifs is 1. The van der Waals surface area contributed by atoms with Crippen molar-refractivity contribution in [1.82, 2.24) is 9.55 Å². The van der Waals surface area contributed by atoms with Crippen molar-refractivity contribution in [3.05, 3.63) is 50.9 Å². The summed E-state index contributed by atoms with van der Waals surface area (Å²) >= 11 is 7.14. The van der Waals surface area contributed by atoms with Crippen molar-refractivity contribution in [2.24, 2.45) is 0 Å². The topological polar surface area (TPSA) is 20.7 Å². The van der Waals surface area contributed by atoms with Gasteiger partial charge < -0.3 is 9.55 Å². The van der Waals surface area contributed by atoms with Crippen LogP contribution >= 0.6 is 23.6 Å². The zero-order valence-corrected chi connectivity index (χ0v) is 11.8. The van der Waals surface area contributed by atoms with Crippen LogP contribution in [-0.4, -0.2) is 9.55 Å². The van der Waals surface area contributed by atoms with Crippen LogP contribution in [0.5, 0.6) is 0 Å². The third-order valence-corrected chi connectivity index (χ3v) is 4.19. The Morgan fingerprint density at radius 1 is 1.33 bits per heavy atom. The monoisotopic (exact) mass is 274 g/mol. The Morgan fingerprint density at radius 3 is 3.00 bits per heavy atom. The van der Waals surface area contributed by atoms with Gasteiger partial charge in [-0.05, 0) is 65.6 Å². The molecular weight excluding hydrogens is 260 g/mol. The molecule has 2 nitrogen and oxygen atoms in total. The highest BCUT2D eigenvalue weighted by molar-refractivity contribution is 7.71. The molecule has 0 radical (unpaired) electrons. The summed E-state index contributed by atoms with van der Waals surface area (Å²) < 4.78 is 3.00. The van der Waals surface area contributed by atoms with Gasteiger partial charge in [-0.1, -0.05) is 6.07 Å². The maximum absolute atomic E-state index is 5.40. The molecule has 0 aliphatic rings. The molecule has 0 fully saturated rings. The quantitative estimate of drug-likeness (QED) is 0.706. The molecule has 1 aromatic carbocycles. The van der Waals surface area contributed by atoms with Crippen molar-refractivity contribution < 1.29 is 0 Å². The van der Waals surface area contributed by atoms with Gasteiger partial charge in [0.25, 0.3) is 0 Å². The van der Waals surface area contributed by atoms with Crippen LogP contribution in [0.2, 0.25) is 0 Å². The van der Waals surface area contributed by atoms with E-state index >= 15 is 0 Å². The Bertz CT molecular complexity index is 720. The summed E-state index contributed by atoms with van der Waals surface area (Å²) in [5, 5.41) is 4.32. The summed E-state index contributed by atoms with van der Waals surface area (Å²) in [5.41, 5.74) is 4.97. The van der Waals surface area contributed by atoms with E-state index in [2.05, 4.69) is 51.5 Å². The van der Waals surface area contributed by atoms with Crippen molar-refractivity contribution in [2.45, 2.75) is 19.9 Å². The highest BCUT2D eigenvalue weighted by Gasteiger charge is 2.04. The maximum atomic E-state index is 5.40. The minimum absolute atomic E-state index is 0.811. The molecule has 0 spiro atoms. The zero-order valence-electron chi connectivity index (χ0n) is 10.1. The van der Waals surface area contributed by atoms with Gasteiger partial charge in [0.1, 0.15) is 0 Å². The number of thiophene rings is 1. The van der Waals surface area contributed by atoms with Gasteiger partial charge in [-0.3, -0.25) is 0 Å². The number of nitrogens with one attached hydrogen (secondary N) is 1. The predicted molar refractivity (Wildman–Crippen MR) is 79.9 cm³/mol. The largest absolute Gasteiger partial charge is 0.331 e. The molecule has 0 saturated heterocycles. The minimum Gasteiger partial charge on any atom is -0.331 e. The number of benzene rings is 1. The van der Waals surface area contributed by atoms with Crippen molar-refractivity contribution >= 4 is 34.6 Å². The first-order chi connectivity index (χ1) is 8.74. The van der Waals surface area contributed by atoms with Crippen LogP contribution in [0.4, 0.5) is 0 Å². The smallest absolute Gasteiger partial charge is 0.178 e. The number of hydrogen-bond acceptors (Lipinski definition) is 2. The third kappa shape index (κ3) is 2.13. The van der Waals surface area contributed by atoms with E-state index in [0.29, 0.717) is 0 Å². The van der Waals surface area contributed by atoms with Crippen LogP contribution in [0, 0.1) is 11.7 Å². The summed E-state index contributed by atoms with van der Waals surface area (Å²) in [6, 6.07) is 8.57. The highest BCUT2D eigenvalue weighted by Crippen LogP contribution is 2.17. The molecule has 92 valence electrons. The zero-order chi connectivity index (χ0) is 12.5. The Hall–Kier alpha value is -1.39. The fraction of sp³-hybridized carbons (Fsp3) is 0.214. The fourth-order valence-corrected chi connectivity index (χ4v) is 3.16. The SMILES string of the molecule is Cc1ccc2[nH]c(=S)n(CCc3ccsc3)c2c1. The Balaban J connectivity index is 1.98. The molecule has 2 aromatic heterocycles. The lowest BCUT2D eigenvalue weighted by Gasteiger charge is -2.04. The van der Waals surface area contributed by atoms with Gasteiger partial charge in [0.2, 0.25) is 0 Å². The first-order valence-corrected chi connectivity index (χ1v) is 7.29. The van der Waals surface area contributed by atoms with E-state index in [1.54, 1.807) is 11.3 Å². The van der Waals surface area contributed by atoms with Crippen LogP contribution in [-0.2, 0) is 13.0 Å². The van der Waals surface area contributed by atoms with Gasteiger partial charge in [0, 0.05) is 6.54 Å². The van der Waals surface area contributed by atoms with Crippen molar-refractivity contribution in [1.29, 1.82) is 0 Å². The number of aryl methyl sites for hydroxylation is 3. The van der Waals surface area contributed by atoms with Gasteiger partial charge in [-0.15, -0.1) is 0 Å². The van der Waals surface area contributed by atoms with Gasteiger partial charge in [-0.2, -0.15) is 11.3 Å². The molecule has 0 saturated carbocycles. The first kappa shape index (κ1) is 11.7. The van der Waals surface area contributed by atoms with Crippen molar-refractivity contribution in [3.63, 3.8) is 0 Å². The second kappa shape index (κ2) is 4.71. The Kier molecular flexibility index (Phi) is 3.06. The second-order valence-electron chi connectivity index (χ2n) is 4.48. The van der Waals surface area contributed by atoms with Crippen LogP contribution < -0.4 is 0 Å². The normalized spacial score (nSPS) is 11.2. The minimum atomic E-state index is 0.811. The molecule has 1 N–H and O–H groups in total. The van der Waals surface area contributed by atoms with E-state index in [1.807, 2.05) is 0 Å². The lowest BCUT2D eigenvalue weighted by molar-refractivity contribution is 0.708. The predicted octanol–water partition coefficient (Wildman–Crippen LogP) is 4.31. The fourth-order valence-electron chi connectivity index (χ4n) is 2.16. The summed E-state index contributed by atoms with van der Waals surface area (Å²) in [7, 11) is 0. The van der Waals surface area contributed by atoms with Gasteiger partial charge >= 0.3 is 0 Å². The molecule has 18 heavy (non-hydrogen) atoms. The van der Waals surface area contributed by atoms with E-state index < -0.39 is 0 Å². The van der Waals surface area contributed by atoms with Crippen molar-refractivity contribution in [2.75, 3.05) is 0 Å². The summed E-state index contributed by atoms with van der Waals surface area (Å²) in [6.45, 7) is 3.04. The van der Waals surface area contributed by atoms with Gasteiger partial charge in [0.05, 0.1) is 11.0 Å². The maximum Gasteiger partial charge on any atom is 0.178 e. The Morgan fingerprint density at radius 2 is 2.22 bits per heavy atom. The molecule has 0 aliphatic heterocycles. The van der Waals surface area contributed by atoms with E-state index in [9.17, 15) is 0 Å².